The number of fused-ring (bicyclic) bond motifs is 1. The lowest BCUT2D eigenvalue weighted by atomic mass is 9.91. The molecule has 0 saturated carbocycles. The van der Waals surface area contributed by atoms with Gasteiger partial charge in [0.2, 0.25) is 0 Å². The molecule has 3 aromatic rings. The molecular weight excluding hydrogens is 452 g/mol. The van der Waals surface area contributed by atoms with Gasteiger partial charge in [0.25, 0.3) is 5.91 Å². The van der Waals surface area contributed by atoms with E-state index in [2.05, 4.69) is 46.0 Å². The number of carbonyl (C=O) groups excluding carboxylic acids is 1. The molecule has 2 aliphatic rings. The van der Waals surface area contributed by atoms with E-state index in [1.54, 1.807) is 7.11 Å². The monoisotopic (exact) mass is 488 g/mol. The number of carbonyl (C=O) groups is 1. The van der Waals surface area contributed by atoms with E-state index in [-0.39, 0.29) is 11.9 Å². The van der Waals surface area contributed by atoms with Crippen LogP contribution in [0.3, 0.4) is 0 Å². The van der Waals surface area contributed by atoms with Crippen molar-refractivity contribution in [3.8, 4) is 11.1 Å². The van der Waals surface area contributed by atoms with E-state index in [0.717, 1.165) is 84.2 Å². The fraction of sp³-hybridized carbons (Fsp3) is 0.448. The molecule has 5 rings (SSSR count). The Morgan fingerprint density at radius 1 is 1.14 bits per heavy atom. The molecule has 2 aliphatic heterocycles. The molecule has 190 valence electrons. The summed E-state index contributed by atoms with van der Waals surface area (Å²) in [5.41, 5.74) is 12.0. The number of morpholine rings is 1. The van der Waals surface area contributed by atoms with Gasteiger partial charge in [0.1, 0.15) is 5.82 Å². The molecule has 2 saturated heterocycles. The lowest BCUT2D eigenvalue weighted by molar-refractivity contribution is 0.0554. The maximum absolute atomic E-state index is 13.9. The Morgan fingerprint density at radius 2 is 1.97 bits per heavy atom. The molecule has 0 spiro atoms. The Labute approximate surface area is 213 Å². The van der Waals surface area contributed by atoms with E-state index >= 15 is 0 Å². The maximum Gasteiger partial charge on any atom is 0.254 e. The second-order valence-corrected chi connectivity index (χ2v) is 9.83. The normalized spacial score (nSPS) is 18.6. The van der Waals surface area contributed by atoms with E-state index in [0.29, 0.717) is 25.6 Å². The third-order valence-corrected chi connectivity index (χ3v) is 7.51. The highest BCUT2D eigenvalue weighted by molar-refractivity contribution is 6.03. The summed E-state index contributed by atoms with van der Waals surface area (Å²) < 4.78 is 10.8. The highest BCUT2D eigenvalue weighted by Gasteiger charge is 2.29. The van der Waals surface area contributed by atoms with Crippen molar-refractivity contribution in [1.82, 2.24) is 9.88 Å². The fourth-order valence-electron chi connectivity index (χ4n) is 5.60. The van der Waals surface area contributed by atoms with Crippen molar-refractivity contribution >= 4 is 28.3 Å². The molecule has 0 radical (unpaired) electrons. The van der Waals surface area contributed by atoms with Gasteiger partial charge in [-0.3, -0.25) is 4.79 Å². The predicted octanol–water partition coefficient (Wildman–Crippen LogP) is 4.66. The SMILES string of the molecule is COCCC1CCCCN1C(=O)c1cccc(C)c1-c1ccc2nc(N)c(N3CCOCC3)cc2c1. The van der Waals surface area contributed by atoms with Gasteiger partial charge in [-0.15, -0.1) is 0 Å². The summed E-state index contributed by atoms with van der Waals surface area (Å²) >= 11 is 0. The molecule has 7 nitrogen and oxygen atoms in total. The van der Waals surface area contributed by atoms with Crippen LogP contribution in [0.2, 0.25) is 0 Å². The van der Waals surface area contributed by atoms with Gasteiger partial charge in [0.05, 0.1) is 24.4 Å². The van der Waals surface area contributed by atoms with E-state index in [1.807, 2.05) is 18.2 Å². The number of pyridine rings is 1. The number of aromatic nitrogens is 1. The molecule has 2 N–H and O–H groups in total. The first-order chi connectivity index (χ1) is 17.6. The minimum absolute atomic E-state index is 0.110. The summed E-state index contributed by atoms with van der Waals surface area (Å²) in [6.07, 6.45) is 4.11. The first-order valence-corrected chi connectivity index (χ1v) is 13.0. The molecule has 0 bridgehead atoms. The largest absolute Gasteiger partial charge is 0.385 e. The van der Waals surface area contributed by atoms with Crippen LogP contribution in [0, 0.1) is 6.92 Å². The summed E-state index contributed by atoms with van der Waals surface area (Å²) in [6, 6.07) is 14.6. The molecule has 1 aromatic heterocycles. The average molecular weight is 489 g/mol. The van der Waals surface area contributed by atoms with Crippen LogP contribution < -0.4 is 10.6 Å². The van der Waals surface area contributed by atoms with Crippen LogP contribution in [-0.4, -0.2) is 68.4 Å². The fourth-order valence-corrected chi connectivity index (χ4v) is 5.60. The van der Waals surface area contributed by atoms with Crippen molar-refractivity contribution in [2.45, 2.75) is 38.6 Å². The number of ether oxygens (including phenoxy) is 2. The van der Waals surface area contributed by atoms with Crippen molar-refractivity contribution in [3.63, 3.8) is 0 Å². The van der Waals surface area contributed by atoms with Crippen molar-refractivity contribution < 1.29 is 14.3 Å². The zero-order chi connectivity index (χ0) is 25.1. The molecule has 3 heterocycles. The summed E-state index contributed by atoms with van der Waals surface area (Å²) in [5.74, 6) is 0.648. The Bertz CT molecular complexity index is 1240. The quantitative estimate of drug-likeness (QED) is 0.544. The van der Waals surface area contributed by atoms with E-state index in [1.165, 1.54) is 0 Å². The van der Waals surface area contributed by atoms with Gasteiger partial charge in [-0.2, -0.15) is 0 Å². The number of nitrogens with two attached hydrogens (primary N) is 1. The molecule has 2 aromatic carbocycles. The Kier molecular flexibility index (Phi) is 7.39. The number of hydrogen-bond donors (Lipinski definition) is 1. The number of hydrogen-bond acceptors (Lipinski definition) is 6. The van der Waals surface area contributed by atoms with E-state index in [9.17, 15) is 4.79 Å². The highest BCUT2D eigenvalue weighted by Crippen LogP contribution is 2.34. The number of nitrogens with zero attached hydrogens (tertiary/aromatic N) is 3. The molecule has 0 aliphatic carbocycles. The highest BCUT2D eigenvalue weighted by atomic mass is 16.5. The van der Waals surface area contributed by atoms with Crippen molar-refractivity contribution in [2.75, 3.05) is 57.2 Å². The number of piperidine rings is 1. The van der Waals surface area contributed by atoms with Gasteiger partial charge in [-0.1, -0.05) is 18.2 Å². The molecule has 1 atom stereocenters. The Morgan fingerprint density at radius 3 is 2.78 bits per heavy atom. The lowest BCUT2D eigenvalue weighted by Crippen LogP contribution is -2.44. The predicted molar refractivity (Wildman–Crippen MR) is 145 cm³/mol. The van der Waals surface area contributed by atoms with Gasteiger partial charge in [-0.25, -0.2) is 4.98 Å². The number of methoxy groups -OCH3 is 1. The smallest absolute Gasteiger partial charge is 0.254 e. The van der Waals surface area contributed by atoms with Crippen LogP contribution >= 0.6 is 0 Å². The number of aryl methyl sites for hydroxylation is 1. The number of benzene rings is 2. The molecule has 1 amide bonds. The molecule has 2 fully saturated rings. The number of anilines is 2. The Balaban J connectivity index is 1.53. The van der Waals surface area contributed by atoms with Crippen LogP contribution in [0.5, 0.6) is 0 Å². The van der Waals surface area contributed by atoms with E-state index in [4.69, 9.17) is 15.2 Å². The second kappa shape index (κ2) is 10.8. The van der Waals surface area contributed by atoms with Gasteiger partial charge in [-0.05, 0) is 73.6 Å². The summed E-state index contributed by atoms with van der Waals surface area (Å²) in [4.78, 5) is 22.9. The summed E-state index contributed by atoms with van der Waals surface area (Å²) in [6.45, 7) is 6.52. The number of likely N-dealkylation sites (tertiary alicyclic amines) is 1. The number of rotatable bonds is 6. The van der Waals surface area contributed by atoms with Crippen LogP contribution in [0.4, 0.5) is 11.5 Å². The minimum Gasteiger partial charge on any atom is -0.385 e. The third kappa shape index (κ3) is 4.90. The first-order valence-electron chi connectivity index (χ1n) is 13.0. The van der Waals surface area contributed by atoms with Crippen LogP contribution in [0.15, 0.2) is 42.5 Å². The zero-order valence-corrected chi connectivity index (χ0v) is 21.3. The number of amides is 1. The second-order valence-electron chi connectivity index (χ2n) is 9.83. The summed E-state index contributed by atoms with van der Waals surface area (Å²) in [5, 5.41) is 1.01. The first kappa shape index (κ1) is 24.5. The minimum atomic E-state index is 0.110. The van der Waals surface area contributed by atoms with Gasteiger partial charge in [0.15, 0.2) is 0 Å². The summed E-state index contributed by atoms with van der Waals surface area (Å²) in [7, 11) is 1.72. The Hall–Kier alpha value is -3.16. The van der Waals surface area contributed by atoms with Crippen molar-refractivity contribution in [3.05, 3.63) is 53.6 Å². The number of nitrogen functional groups attached to an aromatic ring is 1. The van der Waals surface area contributed by atoms with Crippen LogP contribution in [0.25, 0.3) is 22.0 Å². The third-order valence-electron chi connectivity index (χ3n) is 7.51. The van der Waals surface area contributed by atoms with Gasteiger partial charge >= 0.3 is 0 Å². The van der Waals surface area contributed by atoms with Crippen LogP contribution in [-0.2, 0) is 9.47 Å². The topological polar surface area (TPSA) is 80.9 Å². The molecule has 1 unspecified atom stereocenters. The van der Waals surface area contributed by atoms with Crippen molar-refractivity contribution in [1.29, 1.82) is 0 Å². The molecule has 36 heavy (non-hydrogen) atoms. The average Bonchev–Trinajstić information content (AvgIpc) is 2.91. The van der Waals surface area contributed by atoms with Crippen LogP contribution in [0.1, 0.15) is 41.6 Å². The molecular formula is C29H36N4O3. The van der Waals surface area contributed by atoms with E-state index < -0.39 is 0 Å². The lowest BCUT2D eigenvalue weighted by Gasteiger charge is -2.36. The maximum atomic E-state index is 13.9. The van der Waals surface area contributed by atoms with Gasteiger partial charge in [0, 0.05) is 50.3 Å². The standard InChI is InChI=1S/C29H36N4O3/c1-20-6-5-8-24(29(34)33-12-4-3-7-23(33)11-15-35-2)27(20)21-9-10-25-22(18-21)19-26(28(30)31-25)32-13-16-36-17-14-32/h5-6,8-10,18-19,23H,3-4,7,11-17H2,1-2H3,(H2,30,31). The zero-order valence-electron chi connectivity index (χ0n) is 21.3. The van der Waals surface area contributed by atoms with Gasteiger partial charge < -0.3 is 25.0 Å². The van der Waals surface area contributed by atoms with Crippen molar-refractivity contribution in [2.24, 2.45) is 0 Å². The molecule has 7 heteroatoms.